The van der Waals surface area contributed by atoms with Crippen LogP contribution in [0.25, 0.3) is 38.9 Å². The molecule has 4 heterocycles. The summed E-state index contributed by atoms with van der Waals surface area (Å²) in [5, 5.41) is 20.1. The van der Waals surface area contributed by atoms with Crippen LogP contribution in [0.2, 0.25) is 0 Å². The summed E-state index contributed by atoms with van der Waals surface area (Å²) >= 11 is 0. The molecular weight excluding hydrogens is 470 g/mol. The lowest BCUT2D eigenvalue weighted by Crippen LogP contribution is -1.97. The molecule has 6 aromatic rings. The van der Waals surface area contributed by atoms with E-state index in [1.807, 2.05) is 66.7 Å². The predicted octanol–water partition coefficient (Wildman–Crippen LogP) is 6.36. The Balaban J connectivity index is 0.000000190. The fourth-order valence-corrected chi connectivity index (χ4v) is 4.58. The maximum Gasteiger partial charge on any atom is 0.153 e. The fraction of sp³-hybridized carbons (Fsp3) is 0.194. The van der Waals surface area contributed by atoms with Gasteiger partial charge in [-0.05, 0) is 72.9 Å². The third kappa shape index (κ3) is 4.76. The molecule has 2 aromatic carbocycles. The van der Waals surface area contributed by atoms with Crippen molar-refractivity contribution in [3.63, 3.8) is 0 Å². The van der Waals surface area contributed by atoms with E-state index in [-0.39, 0.29) is 0 Å². The van der Waals surface area contributed by atoms with Crippen LogP contribution >= 0.6 is 0 Å². The topological polar surface area (TPSA) is 85.2 Å². The molecule has 0 radical (unpaired) electrons. The molecule has 0 bridgehead atoms. The van der Waals surface area contributed by atoms with Gasteiger partial charge in [-0.1, -0.05) is 32.0 Å². The Bertz CT molecular complexity index is 1740. The molecule has 0 saturated carbocycles. The van der Waals surface area contributed by atoms with E-state index >= 15 is 0 Å². The number of aromatic nitrogens is 6. The van der Waals surface area contributed by atoms with Gasteiger partial charge in [0.25, 0.3) is 0 Å². The van der Waals surface area contributed by atoms with E-state index in [1.54, 1.807) is 10.9 Å². The van der Waals surface area contributed by atoms with Gasteiger partial charge in [0.1, 0.15) is 5.69 Å². The lowest BCUT2D eigenvalue weighted by molar-refractivity contribution is 0.799. The Kier molecular flexibility index (Phi) is 6.96. The van der Waals surface area contributed by atoms with E-state index < -0.39 is 0 Å². The van der Waals surface area contributed by atoms with Crippen LogP contribution < -0.4 is 0 Å². The van der Waals surface area contributed by atoms with Crippen LogP contribution in [0.3, 0.4) is 0 Å². The number of hydrogen-bond donors (Lipinski definition) is 0. The molecule has 7 heteroatoms. The fourth-order valence-electron chi connectivity index (χ4n) is 4.58. The van der Waals surface area contributed by atoms with Crippen molar-refractivity contribution in [1.82, 2.24) is 29.5 Å². The van der Waals surface area contributed by atoms with Gasteiger partial charge >= 0.3 is 0 Å². The number of aryl methyl sites for hydroxylation is 4. The summed E-state index contributed by atoms with van der Waals surface area (Å²) in [6, 6.07) is 20.1. The molecular formula is C31H29N7. The number of hydrogen-bond acceptors (Lipinski definition) is 5. The molecule has 0 atom stereocenters. The standard InChI is InChI=1S/C21H18N4.C10H11N3/c1-4-15-10-18-17(9-13(15)2)20-19(12-23-18)25(3)24-21(20)16-7-5-14(11-22)6-8-16;1-2-9-4-5-10(11-8-9)13-7-3-6-12-13/h5-10,12H,4H2,1-3H3;3-8H,2H2,1H3. The number of nitrogens with zero attached hydrogens (tertiary/aromatic N) is 7. The lowest BCUT2D eigenvalue weighted by Gasteiger charge is -2.07. The van der Waals surface area contributed by atoms with Gasteiger partial charge in [0.05, 0.1) is 28.9 Å². The summed E-state index contributed by atoms with van der Waals surface area (Å²) in [4.78, 5) is 8.94. The zero-order chi connectivity index (χ0) is 26.6. The molecule has 7 nitrogen and oxygen atoms in total. The summed E-state index contributed by atoms with van der Waals surface area (Å²) < 4.78 is 3.62. The van der Waals surface area contributed by atoms with E-state index in [9.17, 15) is 0 Å². The quantitative estimate of drug-likeness (QED) is 0.282. The van der Waals surface area contributed by atoms with Crippen LogP contribution in [0.1, 0.15) is 36.1 Å². The molecule has 0 amide bonds. The van der Waals surface area contributed by atoms with Crippen LogP contribution in [0.5, 0.6) is 0 Å². The van der Waals surface area contributed by atoms with Gasteiger partial charge in [-0.15, -0.1) is 0 Å². The predicted molar refractivity (Wildman–Crippen MR) is 151 cm³/mol. The minimum Gasteiger partial charge on any atom is -0.266 e. The summed E-state index contributed by atoms with van der Waals surface area (Å²) in [5.74, 6) is 0.863. The number of benzene rings is 2. The molecule has 0 aliphatic heterocycles. The van der Waals surface area contributed by atoms with Crippen LogP contribution in [0.15, 0.2) is 79.4 Å². The van der Waals surface area contributed by atoms with Crippen molar-refractivity contribution < 1.29 is 0 Å². The first-order valence-corrected chi connectivity index (χ1v) is 12.7. The lowest BCUT2D eigenvalue weighted by atomic mass is 9.99. The van der Waals surface area contributed by atoms with E-state index in [1.165, 1.54) is 16.7 Å². The average Bonchev–Trinajstić information content (AvgIpc) is 3.62. The third-order valence-corrected chi connectivity index (χ3v) is 6.77. The molecule has 0 aliphatic carbocycles. The van der Waals surface area contributed by atoms with Crippen LogP contribution in [0, 0.1) is 18.3 Å². The minimum absolute atomic E-state index is 0.652. The Labute approximate surface area is 222 Å². The largest absolute Gasteiger partial charge is 0.266 e. The highest BCUT2D eigenvalue weighted by atomic mass is 15.3. The Morgan fingerprint density at radius 1 is 0.947 bits per heavy atom. The first-order chi connectivity index (χ1) is 18.5. The SMILES string of the molecule is CCc1cc2ncc3c(c(-c4ccc(C#N)cc4)nn3C)c2cc1C.CCc1ccc(-n2cccn2)nc1. The summed E-state index contributed by atoms with van der Waals surface area (Å²) in [6.07, 6.45) is 9.43. The van der Waals surface area contributed by atoms with E-state index in [0.29, 0.717) is 5.56 Å². The number of nitriles is 1. The Morgan fingerprint density at radius 2 is 1.76 bits per heavy atom. The van der Waals surface area contributed by atoms with Gasteiger partial charge < -0.3 is 0 Å². The molecule has 0 unspecified atom stereocenters. The maximum atomic E-state index is 9.02. The highest BCUT2D eigenvalue weighted by Crippen LogP contribution is 2.34. The highest BCUT2D eigenvalue weighted by Gasteiger charge is 2.15. The minimum atomic E-state index is 0.652. The second-order valence-corrected chi connectivity index (χ2v) is 9.16. The van der Waals surface area contributed by atoms with E-state index in [2.05, 4.69) is 60.1 Å². The van der Waals surface area contributed by atoms with Crippen LogP contribution in [0.4, 0.5) is 0 Å². The second kappa shape index (κ2) is 10.7. The van der Waals surface area contributed by atoms with Crippen molar-refractivity contribution in [3.05, 3.63) is 102 Å². The normalized spacial score (nSPS) is 10.8. The van der Waals surface area contributed by atoms with Gasteiger partial charge in [0.15, 0.2) is 5.82 Å². The molecule has 6 rings (SSSR count). The van der Waals surface area contributed by atoms with Gasteiger partial charge in [-0.25, -0.2) is 9.67 Å². The monoisotopic (exact) mass is 499 g/mol. The molecule has 188 valence electrons. The van der Waals surface area contributed by atoms with Crippen LogP contribution in [-0.2, 0) is 19.9 Å². The second-order valence-electron chi connectivity index (χ2n) is 9.16. The van der Waals surface area contributed by atoms with Crippen molar-refractivity contribution in [2.45, 2.75) is 33.6 Å². The molecule has 0 N–H and O–H groups in total. The summed E-state index contributed by atoms with van der Waals surface area (Å²) in [6.45, 7) is 6.43. The molecule has 0 aliphatic rings. The van der Waals surface area contributed by atoms with Crippen molar-refractivity contribution in [1.29, 1.82) is 5.26 Å². The molecule has 0 fully saturated rings. The zero-order valence-corrected chi connectivity index (χ0v) is 22.1. The first-order valence-electron chi connectivity index (χ1n) is 12.7. The molecule has 0 saturated heterocycles. The summed E-state index contributed by atoms with van der Waals surface area (Å²) in [7, 11) is 1.94. The van der Waals surface area contributed by atoms with Gasteiger partial charge in [0.2, 0.25) is 0 Å². The van der Waals surface area contributed by atoms with Gasteiger partial charge in [-0.3, -0.25) is 9.67 Å². The number of pyridine rings is 2. The number of fused-ring (bicyclic) bond motifs is 3. The van der Waals surface area contributed by atoms with Crippen molar-refractivity contribution >= 4 is 21.8 Å². The van der Waals surface area contributed by atoms with Gasteiger partial charge in [-0.2, -0.15) is 15.5 Å². The number of rotatable bonds is 4. The highest BCUT2D eigenvalue weighted by molar-refractivity contribution is 6.11. The first kappa shape index (κ1) is 24.8. The molecule has 0 spiro atoms. The smallest absolute Gasteiger partial charge is 0.153 e. The van der Waals surface area contributed by atoms with Crippen molar-refractivity contribution in [3.8, 4) is 23.1 Å². The average molecular weight is 500 g/mol. The Morgan fingerprint density at radius 3 is 2.39 bits per heavy atom. The molecule has 4 aromatic heterocycles. The summed E-state index contributed by atoms with van der Waals surface area (Å²) in [5.41, 5.74) is 8.44. The third-order valence-electron chi connectivity index (χ3n) is 6.77. The van der Waals surface area contributed by atoms with Crippen molar-refractivity contribution in [2.75, 3.05) is 0 Å². The molecule has 38 heavy (non-hydrogen) atoms. The maximum absolute atomic E-state index is 9.02. The van der Waals surface area contributed by atoms with Crippen molar-refractivity contribution in [2.24, 2.45) is 7.05 Å². The van der Waals surface area contributed by atoms with E-state index in [0.717, 1.165) is 51.7 Å². The van der Waals surface area contributed by atoms with Gasteiger partial charge in [0, 0.05) is 42.0 Å². The van der Waals surface area contributed by atoms with Crippen LogP contribution in [-0.4, -0.2) is 29.5 Å². The Hall–Kier alpha value is -4.83. The van der Waals surface area contributed by atoms with E-state index in [4.69, 9.17) is 10.4 Å². The zero-order valence-electron chi connectivity index (χ0n) is 22.1.